The van der Waals surface area contributed by atoms with Crippen molar-refractivity contribution < 1.29 is 18.7 Å². The highest BCUT2D eigenvalue weighted by atomic mass is 79.9. The number of hydrogen-bond acceptors (Lipinski definition) is 3. The first-order valence-corrected chi connectivity index (χ1v) is 6.15. The van der Waals surface area contributed by atoms with Crippen molar-refractivity contribution in [3.8, 4) is 0 Å². The average Bonchev–Trinajstić information content (AvgIpc) is 2.34. The van der Waals surface area contributed by atoms with Gasteiger partial charge < -0.3 is 9.47 Å². The van der Waals surface area contributed by atoms with E-state index in [1.54, 1.807) is 0 Å². The normalized spacial score (nSPS) is 20.3. The molecular weight excluding hydrogens is 314 g/mol. The van der Waals surface area contributed by atoms with Crippen LogP contribution >= 0.6 is 27.5 Å². The van der Waals surface area contributed by atoms with Gasteiger partial charge in [-0.3, -0.25) is 4.79 Å². The summed E-state index contributed by atoms with van der Waals surface area (Å²) in [5.74, 6) is -1.07. The number of ketones is 1. The molecule has 1 aliphatic rings. The van der Waals surface area contributed by atoms with Crippen LogP contribution in [0.5, 0.6) is 0 Å². The van der Waals surface area contributed by atoms with E-state index in [4.69, 9.17) is 21.1 Å². The highest BCUT2D eigenvalue weighted by molar-refractivity contribution is 9.10. The molecule has 0 amide bonds. The van der Waals surface area contributed by atoms with Crippen LogP contribution in [0, 0.1) is 5.82 Å². The maximum atomic E-state index is 13.6. The molecule has 1 heterocycles. The SMILES string of the molecule is O=C(c1cc(Cl)c(Br)cc1F)C1COCCO1. The highest BCUT2D eigenvalue weighted by Crippen LogP contribution is 2.26. The Morgan fingerprint density at radius 2 is 2.24 bits per heavy atom. The number of halogens is 3. The van der Waals surface area contributed by atoms with Gasteiger partial charge in [0.05, 0.1) is 30.4 Å². The van der Waals surface area contributed by atoms with Crippen molar-refractivity contribution in [2.45, 2.75) is 6.10 Å². The van der Waals surface area contributed by atoms with Crippen molar-refractivity contribution in [2.75, 3.05) is 19.8 Å². The third kappa shape index (κ3) is 2.85. The van der Waals surface area contributed by atoms with Crippen molar-refractivity contribution in [3.63, 3.8) is 0 Å². The third-order valence-electron chi connectivity index (χ3n) is 2.38. The second kappa shape index (κ2) is 5.44. The van der Waals surface area contributed by atoms with Crippen molar-refractivity contribution >= 4 is 33.3 Å². The molecule has 1 fully saturated rings. The Kier molecular flexibility index (Phi) is 4.14. The number of rotatable bonds is 2. The first kappa shape index (κ1) is 13.0. The number of hydrogen-bond donors (Lipinski definition) is 0. The Morgan fingerprint density at radius 1 is 1.47 bits per heavy atom. The molecular formula is C11H9BrClFO3. The van der Waals surface area contributed by atoms with Gasteiger partial charge >= 0.3 is 0 Å². The van der Waals surface area contributed by atoms with Gasteiger partial charge in [-0.2, -0.15) is 0 Å². The molecule has 2 rings (SSSR count). The molecule has 92 valence electrons. The van der Waals surface area contributed by atoms with Crippen LogP contribution in [0.25, 0.3) is 0 Å². The van der Waals surface area contributed by atoms with Crippen LogP contribution in [-0.2, 0) is 9.47 Å². The van der Waals surface area contributed by atoms with E-state index in [0.29, 0.717) is 17.7 Å². The standard InChI is InChI=1S/C11H9BrClFO3/c12-7-4-9(14)6(3-8(7)13)11(15)10-5-16-1-2-17-10/h3-4,10H,1-2,5H2. The van der Waals surface area contributed by atoms with Gasteiger partial charge in [-0.15, -0.1) is 0 Å². The van der Waals surface area contributed by atoms with E-state index < -0.39 is 17.7 Å². The molecule has 1 aliphatic heterocycles. The topological polar surface area (TPSA) is 35.5 Å². The predicted octanol–water partition coefficient (Wildman–Crippen LogP) is 2.84. The van der Waals surface area contributed by atoms with E-state index in [2.05, 4.69) is 15.9 Å². The molecule has 1 atom stereocenters. The lowest BCUT2D eigenvalue weighted by Gasteiger charge is -2.22. The molecule has 17 heavy (non-hydrogen) atoms. The lowest BCUT2D eigenvalue weighted by molar-refractivity contribution is -0.0720. The maximum Gasteiger partial charge on any atom is 0.196 e. The third-order valence-corrected chi connectivity index (χ3v) is 3.58. The number of benzene rings is 1. The fourth-order valence-corrected chi connectivity index (χ4v) is 2.00. The molecule has 0 N–H and O–H groups in total. The molecule has 1 aromatic carbocycles. The fourth-order valence-electron chi connectivity index (χ4n) is 1.52. The minimum atomic E-state index is -0.754. The molecule has 1 unspecified atom stereocenters. The van der Waals surface area contributed by atoms with E-state index in [9.17, 15) is 9.18 Å². The molecule has 0 bridgehead atoms. The zero-order valence-electron chi connectivity index (χ0n) is 8.71. The Morgan fingerprint density at radius 3 is 2.88 bits per heavy atom. The molecule has 0 aliphatic carbocycles. The summed E-state index contributed by atoms with van der Waals surface area (Å²) in [7, 11) is 0. The Bertz CT molecular complexity index is 447. The number of ether oxygens (including phenoxy) is 2. The predicted molar refractivity (Wildman–Crippen MR) is 64.0 cm³/mol. The Labute approximate surface area is 111 Å². The van der Waals surface area contributed by atoms with E-state index in [1.807, 2.05) is 0 Å². The monoisotopic (exact) mass is 322 g/mol. The van der Waals surface area contributed by atoms with Crippen LogP contribution in [0.4, 0.5) is 4.39 Å². The summed E-state index contributed by atoms with van der Waals surface area (Å²) in [6.07, 6.45) is -0.754. The van der Waals surface area contributed by atoms with E-state index in [0.717, 1.165) is 0 Å². The summed E-state index contributed by atoms with van der Waals surface area (Å²) < 4.78 is 24.4. The summed E-state index contributed by atoms with van der Waals surface area (Å²) in [6.45, 7) is 0.932. The van der Waals surface area contributed by atoms with Crippen molar-refractivity contribution in [3.05, 3.63) is 33.0 Å². The van der Waals surface area contributed by atoms with Crippen molar-refractivity contribution in [2.24, 2.45) is 0 Å². The van der Waals surface area contributed by atoms with Gasteiger partial charge in [0.25, 0.3) is 0 Å². The van der Waals surface area contributed by atoms with Gasteiger partial charge in [-0.05, 0) is 28.1 Å². The van der Waals surface area contributed by atoms with E-state index in [-0.39, 0.29) is 17.2 Å². The minimum absolute atomic E-state index is 0.0753. The van der Waals surface area contributed by atoms with Crippen LogP contribution < -0.4 is 0 Å². The summed E-state index contributed by atoms with van der Waals surface area (Å²) >= 11 is 8.92. The molecule has 0 aromatic heterocycles. The van der Waals surface area contributed by atoms with Crippen LogP contribution in [-0.4, -0.2) is 31.7 Å². The van der Waals surface area contributed by atoms with Crippen LogP contribution in [0.15, 0.2) is 16.6 Å². The average molecular weight is 324 g/mol. The number of Topliss-reactive ketones (excluding diaryl/α,β-unsaturated/α-hetero) is 1. The van der Waals surface area contributed by atoms with Gasteiger partial charge in [0.15, 0.2) is 5.78 Å². The molecule has 0 radical (unpaired) electrons. The lowest BCUT2D eigenvalue weighted by Crippen LogP contribution is -2.35. The first-order chi connectivity index (χ1) is 8.09. The molecule has 1 saturated heterocycles. The second-order valence-corrected chi connectivity index (χ2v) is 4.81. The molecule has 3 nitrogen and oxygen atoms in total. The van der Waals surface area contributed by atoms with Crippen LogP contribution in [0.3, 0.4) is 0 Å². The molecule has 1 aromatic rings. The summed E-state index contributed by atoms with van der Waals surface area (Å²) in [6, 6.07) is 2.46. The van der Waals surface area contributed by atoms with Gasteiger partial charge in [0.2, 0.25) is 0 Å². The van der Waals surface area contributed by atoms with Gasteiger partial charge in [-0.1, -0.05) is 11.6 Å². The van der Waals surface area contributed by atoms with Crippen LogP contribution in [0.2, 0.25) is 5.02 Å². The lowest BCUT2D eigenvalue weighted by atomic mass is 10.1. The zero-order valence-corrected chi connectivity index (χ0v) is 11.1. The fraction of sp³-hybridized carbons (Fsp3) is 0.364. The second-order valence-electron chi connectivity index (χ2n) is 3.54. The smallest absolute Gasteiger partial charge is 0.196 e. The Balaban J connectivity index is 2.26. The molecule has 0 saturated carbocycles. The minimum Gasteiger partial charge on any atom is -0.376 e. The quantitative estimate of drug-likeness (QED) is 0.620. The highest BCUT2D eigenvalue weighted by Gasteiger charge is 2.26. The van der Waals surface area contributed by atoms with Crippen molar-refractivity contribution in [1.82, 2.24) is 0 Å². The van der Waals surface area contributed by atoms with Gasteiger partial charge in [0.1, 0.15) is 11.9 Å². The summed E-state index contributed by atoms with van der Waals surface area (Å²) in [5.41, 5.74) is -0.0753. The maximum absolute atomic E-state index is 13.6. The number of carbonyl (C=O) groups excluding carboxylic acids is 1. The molecule has 6 heteroatoms. The van der Waals surface area contributed by atoms with Gasteiger partial charge in [-0.25, -0.2) is 4.39 Å². The van der Waals surface area contributed by atoms with Crippen molar-refractivity contribution in [1.29, 1.82) is 0 Å². The first-order valence-electron chi connectivity index (χ1n) is 4.97. The Hall–Kier alpha value is -0.490. The largest absolute Gasteiger partial charge is 0.376 e. The zero-order chi connectivity index (χ0) is 12.4. The summed E-state index contributed by atoms with van der Waals surface area (Å²) in [4.78, 5) is 12.0. The molecule has 0 spiro atoms. The summed E-state index contributed by atoms with van der Waals surface area (Å²) in [5, 5.41) is 0.284. The number of carbonyl (C=O) groups is 1. The van der Waals surface area contributed by atoms with Gasteiger partial charge in [0, 0.05) is 4.47 Å². The van der Waals surface area contributed by atoms with E-state index >= 15 is 0 Å². The van der Waals surface area contributed by atoms with Crippen LogP contribution in [0.1, 0.15) is 10.4 Å². The van der Waals surface area contributed by atoms with E-state index in [1.165, 1.54) is 12.1 Å².